The van der Waals surface area contributed by atoms with E-state index in [9.17, 15) is 5.11 Å². The Labute approximate surface area is 145 Å². The highest BCUT2D eigenvalue weighted by Gasteiger charge is 2.53. The summed E-state index contributed by atoms with van der Waals surface area (Å²) in [6.45, 7) is 22.7. The molecule has 1 aliphatic carbocycles. The van der Waals surface area contributed by atoms with E-state index in [4.69, 9.17) is 0 Å². The van der Waals surface area contributed by atoms with Gasteiger partial charge in [0.2, 0.25) is 0 Å². The van der Waals surface area contributed by atoms with Crippen molar-refractivity contribution in [2.24, 2.45) is 27.6 Å². The van der Waals surface area contributed by atoms with Gasteiger partial charge in [-0.3, -0.25) is 0 Å². The van der Waals surface area contributed by atoms with Crippen LogP contribution in [0.3, 0.4) is 0 Å². The molecule has 1 nitrogen and oxygen atoms in total. The molecule has 0 aromatic heterocycles. The predicted molar refractivity (Wildman–Crippen MR) is 102 cm³/mol. The lowest BCUT2D eigenvalue weighted by Crippen LogP contribution is -2.55. The van der Waals surface area contributed by atoms with Crippen molar-refractivity contribution in [1.29, 1.82) is 0 Å². The van der Waals surface area contributed by atoms with Crippen molar-refractivity contribution in [3.63, 3.8) is 0 Å². The monoisotopic (exact) mass is 320 g/mol. The summed E-state index contributed by atoms with van der Waals surface area (Å²) in [6, 6.07) is 0. The highest BCUT2D eigenvalue weighted by atomic mass is 16.3. The number of hydrogen-bond donors (Lipinski definition) is 1. The molecule has 1 aliphatic rings. The van der Waals surface area contributed by atoms with Crippen LogP contribution in [0.5, 0.6) is 0 Å². The highest BCUT2D eigenvalue weighted by Crippen LogP contribution is 2.54. The molecule has 2 atom stereocenters. The van der Waals surface area contributed by atoms with E-state index >= 15 is 0 Å². The first-order chi connectivity index (χ1) is 10.0. The topological polar surface area (TPSA) is 20.2 Å². The molecule has 0 aliphatic heterocycles. The Balaban J connectivity index is 3.26. The number of allylic oxidation sites excluding steroid dienone is 2. The molecule has 1 rings (SSSR count). The lowest BCUT2D eigenvalue weighted by atomic mass is 9.54. The van der Waals surface area contributed by atoms with Crippen LogP contribution in [0.4, 0.5) is 0 Å². The van der Waals surface area contributed by atoms with E-state index in [1.54, 1.807) is 0 Å². The summed E-state index contributed by atoms with van der Waals surface area (Å²) < 4.78 is 0. The fraction of sp³-hybridized carbons (Fsp3) is 0.818. The van der Waals surface area contributed by atoms with Crippen LogP contribution in [0, 0.1) is 27.6 Å². The van der Waals surface area contributed by atoms with Crippen LogP contribution in [-0.2, 0) is 0 Å². The molecule has 23 heavy (non-hydrogen) atoms. The Kier molecular flexibility index (Phi) is 5.40. The summed E-state index contributed by atoms with van der Waals surface area (Å²) >= 11 is 0. The second kappa shape index (κ2) is 6.06. The largest absolute Gasteiger partial charge is 0.385 e. The molecule has 0 fully saturated rings. The van der Waals surface area contributed by atoms with Crippen molar-refractivity contribution in [3.05, 3.63) is 24.3 Å². The third-order valence-corrected chi connectivity index (χ3v) is 5.12. The molecule has 0 spiro atoms. The molecule has 1 heteroatoms. The fourth-order valence-corrected chi connectivity index (χ4v) is 5.07. The molecule has 0 saturated carbocycles. The minimum Gasteiger partial charge on any atom is -0.385 e. The van der Waals surface area contributed by atoms with E-state index in [0.29, 0.717) is 0 Å². The van der Waals surface area contributed by atoms with Crippen LogP contribution >= 0.6 is 0 Å². The Hall–Kier alpha value is -0.560. The lowest BCUT2D eigenvalue weighted by molar-refractivity contribution is -0.111. The first-order valence-corrected chi connectivity index (χ1v) is 9.09. The van der Waals surface area contributed by atoms with Crippen LogP contribution in [0.1, 0.15) is 82.1 Å². The van der Waals surface area contributed by atoms with Gasteiger partial charge in [-0.2, -0.15) is 0 Å². The molecule has 134 valence electrons. The van der Waals surface area contributed by atoms with Gasteiger partial charge in [0.05, 0.1) is 5.60 Å². The molecule has 0 bridgehead atoms. The normalized spacial score (nSPS) is 26.7. The molecule has 1 N–H and O–H groups in total. The predicted octanol–water partition coefficient (Wildman–Crippen LogP) is 6.38. The average molecular weight is 321 g/mol. The maximum absolute atomic E-state index is 11.8. The van der Waals surface area contributed by atoms with Gasteiger partial charge in [0.15, 0.2) is 0 Å². The standard InChI is InChI=1S/C22H40O/c1-18(2,3)15-20(7,8)17-13-11-12-14-22(17,23)21(9,10)16-19(4,5)6/h11-14,17,23H,15-16H2,1-10H3. The van der Waals surface area contributed by atoms with E-state index in [2.05, 4.69) is 81.4 Å². The zero-order chi connectivity index (χ0) is 18.3. The second-order valence-corrected chi connectivity index (χ2v) is 11.4. The van der Waals surface area contributed by atoms with Gasteiger partial charge < -0.3 is 5.11 Å². The van der Waals surface area contributed by atoms with Gasteiger partial charge in [0.25, 0.3) is 0 Å². The Bertz CT molecular complexity index is 465. The van der Waals surface area contributed by atoms with Gasteiger partial charge >= 0.3 is 0 Å². The van der Waals surface area contributed by atoms with Gasteiger partial charge in [-0.25, -0.2) is 0 Å². The molecular formula is C22H40O. The number of rotatable bonds is 4. The summed E-state index contributed by atoms with van der Waals surface area (Å²) in [5, 5.41) is 11.8. The van der Waals surface area contributed by atoms with Crippen molar-refractivity contribution in [2.45, 2.75) is 87.7 Å². The van der Waals surface area contributed by atoms with E-state index in [1.807, 2.05) is 12.2 Å². The molecule has 0 radical (unpaired) electrons. The fourth-order valence-electron chi connectivity index (χ4n) is 5.07. The van der Waals surface area contributed by atoms with E-state index in [1.165, 1.54) is 0 Å². The van der Waals surface area contributed by atoms with Crippen LogP contribution in [0.25, 0.3) is 0 Å². The smallest absolute Gasteiger partial charge is 0.0949 e. The van der Waals surface area contributed by atoms with Gasteiger partial charge in [0.1, 0.15) is 0 Å². The summed E-state index contributed by atoms with van der Waals surface area (Å²) in [5.74, 6) is 0.122. The average Bonchev–Trinajstić information content (AvgIpc) is 2.22. The van der Waals surface area contributed by atoms with Gasteiger partial charge in [-0.05, 0) is 34.5 Å². The van der Waals surface area contributed by atoms with Crippen molar-refractivity contribution in [2.75, 3.05) is 0 Å². The van der Waals surface area contributed by atoms with Crippen LogP contribution in [0.2, 0.25) is 0 Å². The molecule has 0 aromatic carbocycles. The third-order valence-electron chi connectivity index (χ3n) is 5.12. The van der Waals surface area contributed by atoms with Crippen molar-refractivity contribution < 1.29 is 5.11 Å². The quantitative estimate of drug-likeness (QED) is 0.636. The van der Waals surface area contributed by atoms with E-state index in [0.717, 1.165) is 12.8 Å². The van der Waals surface area contributed by atoms with Crippen molar-refractivity contribution >= 4 is 0 Å². The lowest BCUT2D eigenvalue weighted by Gasteiger charge is -2.54. The van der Waals surface area contributed by atoms with E-state index in [-0.39, 0.29) is 27.6 Å². The van der Waals surface area contributed by atoms with Crippen molar-refractivity contribution in [3.8, 4) is 0 Å². The first kappa shape index (κ1) is 20.5. The SMILES string of the molecule is CC(C)(C)CC(C)(C)C1C=CC=CC1(O)C(C)(C)CC(C)(C)C. The molecule has 2 unspecified atom stereocenters. The maximum Gasteiger partial charge on any atom is 0.0949 e. The van der Waals surface area contributed by atoms with Crippen LogP contribution < -0.4 is 0 Å². The summed E-state index contributed by atoms with van der Waals surface area (Å²) in [7, 11) is 0. The minimum atomic E-state index is -0.816. The maximum atomic E-state index is 11.8. The van der Waals surface area contributed by atoms with Gasteiger partial charge in [-0.1, -0.05) is 93.5 Å². The van der Waals surface area contributed by atoms with Crippen LogP contribution in [-0.4, -0.2) is 10.7 Å². The summed E-state index contributed by atoms with van der Waals surface area (Å²) in [5.41, 5.74) is -0.542. The second-order valence-electron chi connectivity index (χ2n) is 11.4. The summed E-state index contributed by atoms with van der Waals surface area (Å²) in [4.78, 5) is 0. The molecule has 0 amide bonds. The number of hydrogen-bond acceptors (Lipinski definition) is 1. The zero-order valence-corrected chi connectivity index (χ0v) is 17.2. The van der Waals surface area contributed by atoms with Gasteiger partial charge in [-0.15, -0.1) is 0 Å². The molecular weight excluding hydrogens is 280 g/mol. The Morgan fingerprint density at radius 1 is 0.783 bits per heavy atom. The van der Waals surface area contributed by atoms with E-state index < -0.39 is 5.60 Å². The highest BCUT2D eigenvalue weighted by molar-refractivity contribution is 5.27. The number of aliphatic hydroxyl groups is 1. The Morgan fingerprint density at radius 2 is 1.26 bits per heavy atom. The molecule has 0 heterocycles. The molecule has 0 saturated heterocycles. The Morgan fingerprint density at radius 3 is 1.70 bits per heavy atom. The molecule has 0 aromatic rings. The summed E-state index contributed by atoms with van der Waals surface area (Å²) in [6.07, 6.45) is 10.5. The zero-order valence-electron chi connectivity index (χ0n) is 17.2. The minimum absolute atomic E-state index is 0.0312. The first-order valence-electron chi connectivity index (χ1n) is 9.09. The van der Waals surface area contributed by atoms with Gasteiger partial charge in [0, 0.05) is 5.92 Å². The third kappa shape index (κ3) is 4.95. The van der Waals surface area contributed by atoms with Crippen molar-refractivity contribution in [1.82, 2.24) is 0 Å². The van der Waals surface area contributed by atoms with Crippen LogP contribution in [0.15, 0.2) is 24.3 Å².